The maximum absolute atomic E-state index is 12.8. The third kappa shape index (κ3) is 3.56. The van der Waals surface area contributed by atoms with E-state index in [0.717, 1.165) is 24.2 Å². The van der Waals surface area contributed by atoms with Crippen molar-refractivity contribution < 1.29 is 14.3 Å². The van der Waals surface area contributed by atoms with Gasteiger partial charge in [0, 0.05) is 34.9 Å². The van der Waals surface area contributed by atoms with Gasteiger partial charge in [0.2, 0.25) is 5.78 Å². The predicted molar refractivity (Wildman–Crippen MR) is 113 cm³/mol. The summed E-state index contributed by atoms with van der Waals surface area (Å²) in [5.74, 6) is -0.949. The van der Waals surface area contributed by atoms with Crippen molar-refractivity contribution in [3.63, 3.8) is 0 Å². The van der Waals surface area contributed by atoms with Gasteiger partial charge in [0.1, 0.15) is 0 Å². The standard InChI is InChI=1S/C23H25N3O4/c1-4-11-25-22(28)18-8-6-5-7-17(18)21(24-25)23(29)30-13-20(27)19-12-14(2)26(15(19)3)16-9-10-16/h5-8,12,16H,4,9-11,13H2,1-3H3. The van der Waals surface area contributed by atoms with Crippen LogP contribution in [0.5, 0.6) is 0 Å². The fourth-order valence-corrected chi connectivity index (χ4v) is 3.98. The van der Waals surface area contributed by atoms with Gasteiger partial charge in [-0.15, -0.1) is 0 Å². The average Bonchev–Trinajstić information content (AvgIpc) is 3.52. The fourth-order valence-electron chi connectivity index (χ4n) is 3.98. The number of ketones is 1. The van der Waals surface area contributed by atoms with Crippen molar-refractivity contribution in [1.29, 1.82) is 0 Å². The van der Waals surface area contributed by atoms with Crippen LogP contribution in [-0.2, 0) is 11.3 Å². The molecule has 0 radical (unpaired) electrons. The highest BCUT2D eigenvalue weighted by molar-refractivity contribution is 6.04. The molecule has 1 fully saturated rings. The summed E-state index contributed by atoms with van der Waals surface area (Å²) in [5.41, 5.74) is 2.35. The van der Waals surface area contributed by atoms with Crippen molar-refractivity contribution in [2.75, 3.05) is 6.61 Å². The summed E-state index contributed by atoms with van der Waals surface area (Å²) in [4.78, 5) is 38.1. The predicted octanol–water partition coefficient (Wildman–Crippen LogP) is 3.60. The second-order valence-corrected chi connectivity index (χ2v) is 7.81. The van der Waals surface area contributed by atoms with E-state index in [0.29, 0.717) is 35.3 Å². The quantitative estimate of drug-likeness (QED) is 0.441. The van der Waals surface area contributed by atoms with Crippen molar-refractivity contribution in [3.05, 3.63) is 63.3 Å². The summed E-state index contributed by atoms with van der Waals surface area (Å²) in [5, 5.41) is 5.06. The third-order valence-electron chi connectivity index (χ3n) is 5.53. The molecular weight excluding hydrogens is 382 g/mol. The molecule has 0 N–H and O–H groups in total. The number of carbonyl (C=O) groups excluding carboxylic acids is 2. The number of hydrogen-bond donors (Lipinski definition) is 0. The molecule has 1 aromatic carbocycles. The number of esters is 1. The zero-order valence-corrected chi connectivity index (χ0v) is 17.5. The Morgan fingerprint density at radius 1 is 1.17 bits per heavy atom. The lowest BCUT2D eigenvalue weighted by Gasteiger charge is -2.10. The van der Waals surface area contributed by atoms with Crippen molar-refractivity contribution in [3.8, 4) is 0 Å². The van der Waals surface area contributed by atoms with Crippen LogP contribution in [0.1, 0.15) is 64.5 Å². The SMILES string of the molecule is CCCn1nc(C(=O)OCC(=O)c2cc(C)n(C3CC3)c2C)c2ccccc2c1=O. The molecule has 0 spiro atoms. The van der Waals surface area contributed by atoms with Gasteiger partial charge in [0.25, 0.3) is 5.56 Å². The molecule has 2 heterocycles. The normalized spacial score (nSPS) is 13.6. The topological polar surface area (TPSA) is 83.2 Å². The summed E-state index contributed by atoms with van der Waals surface area (Å²) >= 11 is 0. The lowest BCUT2D eigenvalue weighted by Crippen LogP contribution is -2.27. The summed E-state index contributed by atoms with van der Waals surface area (Å²) in [6, 6.07) is 9.15. The molecule has 0 amide bonds. The van der Waals surface area contributed by atoms with Crippen molar-refractivity contribution in [2.45, 2.75) is 52.6 Å². The van der Waals surface area contributed by atoms with E-state index in [2.05, 4.69) is 9.67 Å². The minimum absolute atomic E-state index is 0.0508. The molecule has 1 aliphatic rings. The highest BCUT2D eigenvalue weighted by atomic mass is 16.5. The smallest absolute Gasteiger partial charge is 0.359 e. The molecule has 0 saturated heterocycles. The summed E-state index contributed by atoms with van der Waals surface area (Å²) < 4.78 is 8.80. The van der Waals surface area contributed by atoms with E-state index in [-0.39, 0.29) is 23.6 Å². The Balaban J connectivity index is 1.58. The third-order valence-corrected chi connectivity index (χ3v) is 5.53. The second kappa shape index (κ2) is 7.89. The molecule has 7 nitrogen and oxygen atoms in total. The molecule has 156 valence electrons. The van der Waals surface area contributed by atoms with E-state index in [9.17, 15) is 14.4 Å². The van der Waals surface area contributed by atoms with Gasteiger partial charge in [-0.1, -0.05) is 25.1 Å². The molecule has 2 aromatic heterocycles. The van der Waals surface area contributed by atoms with Crippen molar-refractivity contribution in [2.24, 2.45) is 0 Å². The first kappa shape index (κ1) is 20.1. The lowest BCUT2D eigenvalue weighted by atomic mass is 10.1. The number of rotatable bonds is 7. The van der Waals surface area contributed by atoms with Crippen LogP contribution >= 0.6 is 0 Å². The van der Waals surface area contributed by atoms with Crippen molar-refractivity contribution >= 4 is 22.5 Å². The van der Waals surface area contributed by atoms with Gasteiger partial charge in [-0.3, -0.25) is 9.59 Å². The first-order valence-corrected chi connectivity index (χ1v) is 10.3. The Kier molecular flexibility index (Phi) is 5.28. The van der Waals surface area contributed by atoms with Gasteiger partial charge >= 0.3 is 5.97 Å². The van der Waals surface area contributed by atoms with E-state index >= 15 is 0 Å². The van der Waals surface area contributed by atoms with Gasteiger partial charge in [-0.25, -0.2) is 9.48 Å². The molecule has 0 unspecified atom stereocenters. The Hall–Kier alpha value is -3.22. The second-order valence-electron chi connectivity index (χ2n) is 7.81. The van der Waals surface area contributed by atoms with Crippen LogP contribution in [-0.4, -0.2) is 32.7 Å². The number of hydrogen-bond acceptors (Lipinski definition) is 5. The first-order chi connectivity index (χ1) is 14.4. The number of nitrogens with zero attached hydrogens (tertiary/aromatic N) is 3. The van der Waals surface area contributed by atoms with Crippen LogP contribution in [0.4, 0.5) is 0 Å². The summed E-state index contributed by atoms with van der Waals surface area (Å²) in [7, 11) is 0. The van der Waals surface area contributed by atoms with Crippen LogP contribution in [0, 0.1) is 13.8 Å². The Bertz CT molecular complexity index is 1200. The molecule has 1 saturated carbocycles. The Morgan fingerprint density at radius 2 is 1.87 bits per heavy atom. The number of aromatic nitrogens is 3. The average molecular weight is 407 g/mol. The van der Waals surface area contributed by atoms with Gasteiger partial charge in [0.15, 0.2) is 12.3 Å². The lowest BCUT2D eigenvalue weighted by molar-refractivity contribution is 0.0468. The zero-order chi connectivity index (χ0) is 21.4. The number of Topliss-reactive ketones (excluding diaryl/α,β-unsaturated/α-hetero) is 1. The first-order valence-electron chi connectivity index (χ1n) is 10.3. The number of ether oxygens (including phenoxy) is 1. The van der Waals surface area contributed by atoms with E-state index in [1.807, 2.05) is 26.8 Å². The largest absolute Gasteiger partial charge is 0.452 e. The Morgan fingerprint density at radius 3 is 2.53 bits per heavy atom. The van der Waals surface area contributed by atoms with Gasteiger partial charge in [-0.2, -0.15) is 5.10 Å². The fraction of sp³-hybridized carbons (Fsp3) is 0.391. The van der Waals surface area contributed by atoms with Crippen LogP contribution in [0.3, 0.4) is 0 Å². The highest BCUT2D eigenvalue weighted by Gasteiger charge is 2.28. The van der Waals surface area contributed by atoms with Gasteiger partial charge < -0.3 is 9.30 Å². The molecule has 1 aliphatic carbocycles. The minimum Gasteiger partial charge on any atom is -0.452 e. The van der Waals surface area contributed by atoms with Crippen LogP contribution in [0.15, 0.2) is 35.1 Å². The molecule has 4 rings (SSSR count). The molecule has 0 bridgehead atoms. The van der Waals surface area contributed by atoms with Crippen molar-refractivity contribution in [1.82, 2.24) is 14.3 Å². The minimum atomic E-state index is -0.708. The number of fused-ring (bicyclic) bond motifs is 1. The van der Waals surface area contributed by atoms with Crippen LogP contribution in [0.2, 0.25) is 0 Å². The summed E-state index contributed by atoms with van der Waals surface area (Å²) in [6.07, 6.45) is 2.96. The number of benzene rings is 1. The van der Waals surface area contributed by atoms with E-state index in [4.69, 9.17) is 4.74 Å². The maximum atomic E-state index is 12.8. The van der Waals surface area contributed by atoms with E-state index in [1.165, 1.54) is 4.68 Å². The van der Waals surface area contributed by atoms with Gasteiger partial charge in [0.05, 0.1) is 5.39 Å². The highest BCUT2D eigenvalue weighted by Crippen LogP contribution is 2.38. The number of carbonyl (C=O) groups is 2. The molecule has 7 heteroatoms. The zero-order valence-electron chi connectivity index (χ0n) is 17.5. The Labute approximate surface area is 174 Å². The molecule has 3 aromatic rings. The molecule has 30 heavy (non-hydrogen) atoms. The maximum Gasteiger partial charge on any atom is 0.359 e. The van der Waals surface area contributed by atoms with E-state index < -0.39 is 5.97 Å². The summed E-state index contributed by atoms with van der Waals surface area (Å²) in [6.45, 7) is 5.88. The number of aryl methyl sites for hydroxylation is 2. The molecular formula is C23H25N3O4. The van der Waals surface area contributed by atoms with Gasteiger partial charge in [-0.05, 0) is 45.2 Å². The molecule has 0 aliphatic heterocycles. The van der Waals surface area contributed by atoms with E-state index in [1.54, 1.807) is 24.3 Å². The van der Waals surface area contributed by atoms with Crippen LogP contribution < -0.4 is 5.56 Å². The molecule has 0 atom stereocenters. The monoisotopic (exact) mass is 407 g/mol. The van der Waals surface area contributed by atoms with Crippen LogP contribution in [0.25, 0.3) is 10.8 Å².